The third-order valence-electron chi connectivity index (χ3n) is 3.16. The van der Waals surface area contributed by atoms with E-state index in [9.17, 15) is 4.79 Å². The summed E-state index contributed by atoms with van der Waals surface area (Å²) in [5, 5.41) is 13.1. The Morgan fingerprint density at radius 3 is 2.80 bits per heavy atom. The molecule has 1 aromatic heterocycles. The first-order chi connectivity index (χ1) is 9.63. The number of aromatic nitrogens is 1. The average Bonchev–Trinajstić information content (AvgIpc) is 3.08. The third-order valence-corrected chi connectivity index (χ3v) is 5.67. The maximum Gasteiger partial charge on any atom is 0.321 e. The predicted molar refractivity (Wildman–Crippen MR) is 82.0 cm³/mol. The minimum atomic E-state index is -0.789. The molecule has 2 N–H and O–H groups in total. The lowest BCUT2D eigenvalue weighted by Gasteiger charge is -2.07. The van der Waals surface area contributed by atoms with Gasteiger partial charge in [-0.25, -0.2) is 4.98 Å². The second-order valence-electron chi connectivity index (χ2n) is 4.70. The molecule has 0 amide bonds. The molecule has 0 aliphatic carbocycles. The molecule has 2 atom stereocenters. The van der Waals surface area contributed by atoms with Gasteiger partial charge in [0, 0.05) is 17.5 Å². The topological polar surface area (TPSA) is 62.2 Å². The number of thiazole rings is 1. The van der Waals surface area contributed by atoms with E-state index >= 15 is 0 Å². The summed E-state index contributed by atoms with van der Waals surface area (Å²) in [4.78, 5) is 16.5. The van der Waals surface area contributed by atoms with Crippen LogP contribution in [0.4, 0.5) is 0 Å². The molecule has 104 valence electrons. The number of hydrogen-bond donors (Lipinski definition) is 2. The van der Waals surface area contributed by atoms with Gasteiger partial charge in [-0.15, -0.1) is 23.1 Å². The van der Waals surface area contributed by atoms with Crippen LogP contribution in [0.25, 0.3) is 10.6 Å². The summed E-state index contributed by atoms with van der Waals surface area (Å²) in [6.07, 6.45) is 1.84. The zero-order chi connectivity index (χ0) is 14.1. The van der Waals surface area contributed by atoms with Gasteiger partial charge in [0.05, 0.1) is 10.3 Å². The van der Waals surface area contributed by atoms with Gasteiger partial charge in [0.15, 0.2) is 0 Å². The van der Waals surface area contributed by atoms with E-state index in [-0.39, 0.29) is 5.37 Å². The van der Waals surface area contributed by atoms with E-state index in [1.165, 1.54) is 5.56 Å². The molecular weight excluding hydrogens is 292 g/mol. The Balaban J connectivity index is 1.77. The molecule has 1 aromatic carbocycles. The summed E-state index contributed by atoms with van der Waals surface area (Å²) in [6, 6.07) is 7.80. The van der Waals surface area contributed by atoms with Crippen molar-refractivity contribution in [2.75, 3.05) is 5.75 Å². The van der Waals surface area contributed by atoms with Crippen LogP contribution < -0.4 is 5.32 Å². The fraction of sp³-hybridized carbons (Fsp3) is 0.286. The van der Waals surface area contributed by atoms with E-state index in [4.69, 9.17) is 5.11 Å². The Morgan fingerprint density at radius 2 is 2.15 bits per heavy atom. The summed E-state index contributed by atoms with van der Waals surface area (Å²) >= 11 is 3.24. The first-order valence-corrected chi connectivity index (χ1v) is 8.13. The summed E-state index contributed by atoms with van der Waals surface area (Å²) in [7, 11) is 0. The van der Waals surface area contributed by atoms with E-state index < -0.39 is 12.0 Å². The lowest BCUT2D eigenvalue weighted by Crippen LogP contribution is -2.33. The molecule has 2 heterocycles. The van der Waals surface area contributed by atoms with Crippen LogP contribution in [-0.2, 0) is 4.79 Å². The minimum absolute atomic E-state index is 0.0350. The summed E-state index contributed by atoms with van der Waals surface area (Å²) in [5.74, 6) is -0.194. The Morgan fingerprint density at radius 1 is 1.40 bits per heavy atom. The van der Waals surface area contributed by atoms with Crippen molar-refractivity contribution in [3.8, 4) is 10.6 Å². The number of aryl methyl sites for hydroxylation is 1. The van der Waals surface area contributed by atoms with Gasteiger partial charge in [-0.2, -0.15) is 0 Å². The second kappa shape index (κ2) is 5.55. The van der Waals surface area contributed by atoms with Crippen molar-refractivity contribution in [2.45, 2.75) is 18.3 Å². The van der Waals surface area contributed by atoms with Gasteiger partial charge in [-0.05, 0) is 6.92 Å². The first kappa shape index (κ1) is 13.6. The fourth-order valence-corrected chi connectivity index (χ4v) is 4.34. The number of carboxylic acids is 1. The molecule has 0 radical (unpaired) electrons. The second-order valence-corrected chi connectivity index (χ2v) is 6.90. The van der Waals surface area contributed by atoms with Crippen LogP contribution in [0.2, 0.25) is 0 Å². The quantitative estimate of drug-likeness (QED) is 0.913. The molecule has 0 bridgehead atoms. The van der Waals surface area contributed by atoms with Crippen molar-refractivity contribution in [3.63, 3.8) is 0 Å². The van der Waals surface area contributed by atoms with Gasteiger partial charge in [-0.3, -0.25) is 10.1 Å². The lowest BCUT2D eigenvalue weighted by atomic mass is 10.2. The number of carbonyl (C=O) groups is 1. The number of benzene rings is 1. The third kappa shape index (κ3) is 2.72. The fourth-order valence-electron chi connectivity index (χ4n) is 2.02. The maximum absolute atomic E-state index is 10.9. The van der Waals surface area contributed by atoms with E-state index in [1.807, 2.05) is 6.20 Å². The highest BCUT2D eigenvalue weighted by atomic mass is 32.2. The largest absolute Gasteiger partial charge is 0.480 e. The zero-order valence-electron chi connectivity index (χ0n) is 10.9. The molecule has 1 aliphatic heterocycles. The maximum atomic E-state index is 10.9. The Labute approximate surface area is 125 Å². The van der Waals surface area contributed by atoms with E-state index in [1.54, 1.807) is 23.1 Å². The monoisotopic (exact) mass is 306 g/mol. The standard InChI is InChI=1S/C14H14N2O2S2/c1-8-2-4-9(5-3-8)12-15-6-11(20-12)13-16-10(7-19-13)14(17)18/h2-6,10,13,16H,7H2,1H3,(H,17,18). The number of hydrogen-bond acceptors (Lipinski definition) is 5. The highest BCUT2D eigenvalue weighted by Crippen LogP contribution is 2.38. The van der Waals surface area contributed by atoms with Crippen molar-refractivity contribution in [3.05, 3.63) is 40.9 Å². The molecule has 1 aliphatic rings. The smallest absolute Gasteiger partial charge is 0.321 e. The molecule has 2 unspecified atom stereocenters. The molecular formula is C14H14N2O2S2. The van der Waals surface area contributed by atoms with Crippen LogP contribution in [0.5, 0.6) is 0 Å². The summed E-state index contributed by atoms with van der Waals surface area (Å²) in [6.45, 7) is 2.06. The Bertz CT molecular complexity index is 624. The molecule has 1 saturated heterocycles. The molecule has 6 heteroatoms. The van der Waals surface area contributed by atoms with Crippen LogP contribution >= 0.6 is 23.1 Å². The van der Waals surface area contributed by atoms with Crippen molar-refractivity contribution in [1.29, 1.82) is 0 Å². The van der Waals surface area contributed by atoms with Crippen LogP contribution in [0.3, 0.4) is 0 Å². The van der Waals surface area contributed by atoms with Gasteiger partial charge < -0.3 is 5.11 Å². The van der Waals surface area contributed by atoms with Crippen LogP contribution in [0.1, 0.15) is 15.8 Å². The predicted octanol–water partition coefficient (Wildman–Crippen LogP) is 2.91. The number of thioether (sulfide) groups is 1. The van der Waals surface area contributed by atoms with Gasteiger partial charge in [0.2, 0.25) is 0 Å². The van der Waals surface area contributed by atoms with Crippen molar-refractivity contribution < 1.29 is 9.90 Å². The van der Waals surface area contributed by atoms with Crippen LogP contribution in [-0.4, -0.2) is 27.9 Å². The van der Waals surface area contributed by atoms with Gasteiger partial charge in [0.25, 0.3) is 0 Å². The molecule has 0 saturated carbocycles. The molecule has 1 fully saturated rings. The van der Waals surface area contributed by atoms with Gasteiger partial charge >= 0.3 is 5.97 Å². The normalized spacial score (nSPS) is 22.1. The number of nitrogens with zero attached hydrogens (tertiary/aromatic N) is 1. The van der Waals surface area contributed by atoms with E-state index in [2.05, 4.69) is 41.5 Å². The van der Waals surface area contributed by atoms with Crippen LogP contribution in [0.15, 0.2) is 30.5 Å². The average molecular weight is 306 g/mol. The van der Waals surface area contributed by atoms with Gasteiger partial charge in [-0.1, -0.05) is 29.8 Å². The van der Waals surface area contributed by atoms with E-state index in [0.717, 1.165) is 15.4 Å². The van der Waals surface area contributed by atoms with Crippen LogP contribution in [0, 0.1) is 6.92 Å². The summed E-state index contributed by atoms with van der Waals surface area (Å²) in [5.41, 5.74) is 2.33. The molecule has 2 aromatic rings. The molecule has 20 heavy (non-hydrogen) atoms. The molecule has 0 spiro atoms. The number of aliphatic carboxylic acids is 1. The summed E-state index contributed by atoms with van der Waals surface area (Å²) < 4.78 is 0. The molecule has 3 rings (SSSR count). The first-order valence-electron chi connectivity index (χ1n) is 6.27. The highest BCUT2D eigenvalue weighted by Gasteiger charge is 2.31. The SMILES string of the molecule is Cc1ccc(-c2ncc(C3NC(C(=O)O)CS3)s2)cc1. The van der Waals surface area contributed by atoms with Crippen molar-refractivity contribution in [1.82, 2.24) is 10.3 Å². The van der Waals surface area contributed by atoms with Crippen molar-refractivity contribution >= 4 is 29.1 Å². The molecule has 4 nitrogen and oxygen atoms in total. The Hall–Kier alpha value is -1.37. The van der Waals surface area contributed by atoms with E-state index in [0.29, 0.717) is 5.75 Å². The number of rotatable bonds is 3. The number of carboxylic acid groups (broad SMARTS) is 1. The zero-order valence-corrected chi connectivity index (χ0v) is 12.5. The van der Waals surface area contributed by atoms with Gasteiger partial charge in [0.1, 0.15) is 11.0 Å². The van der Waals surface area contributed by atoms with Crippen molar-refractivity contribution in [2.24, 2.45) is 0 Å². The minimum Gasteiger partial charge on any atom is -0.480 e. The Kier molecular flexibility index (Phi) is 3.78. The highest BCUT2D eigenvalue weighted by molar-refractivity contribution is 7.99. The lowest BCUT2D eigenvalue weighted by molar-refractivity contribution is -0.138. The number of nitrogens with one attached hydrogen (secondary N) is 1.